The van der Waals surface area contributed by atoms with Gasteiger partial charge in [0.2, 0.25) is 5.91 Å². The minimum atomic E-state index is -1.75. The first-order chi connectivity index (χ1) is 17.6. The molecule has 4 N–H and O–H groups in total. The van der Waals surface area contributed by atoms with E-state index in [1.54, 1.807) is 30.3 Å². The predicted molar refractivity (Wildman–Crippen MR) is 126 cm³/mol. The van der Waals surface area contributed by atoms with Gasteiger partial charge in [-0.15, -0.1) is 0 Å². The van der Waals surface area contributed by atoms with Crippen molar-refractivity contribution in [2.24, 2.45) is 0 Å². The fourth-order valence-electron chi connectivity index (χ4n) is 3.18. The van der Waals surface area contributed by atoms with E-state index in [4.69, 9.17) is 9.84 Å². The molecule has 1 aromatic heterocycles. The van der Waals surface area contributed by atoms with Crippen LogP contribution in [0.25, 0.3) is 11.4 Å². The van der Waals surface area contributed by atoms with E-state index in [9.17, 15) is 33.5 Å². The van der Waals surface area contributed by atoms with Crippen molar-refractivity contribution in [2.45, 2.75) is 25.6 Å². The lowest BCUT2D eigenvalue weighted by molar-refractivity contribution is -0.147. The summed E-state index contributed by atoms with van der Waals surface area (Å²) in [5, 5.41) is 22.3. The van der Waals surface area contributed by atoms with Gasteiger partial charge in [0.05, 0.1) is 12.6 Å². The molecule has 37 heavy (non-hydrogen) atoms. The maximum absolute atomic E-state index is 13.4. The number of ether oxygens (including phenoxy) is 1. The smallest absolute Gasteiger partial charge is 0.412 e. The Labute approximate surface area is 208 Å². The van der Waals surface area contributed by atoms with Crippen LogP contribution >= 0.6 is 0 Å². The molecule has 12 nitrogen and oxygen atoms in total. The van der Waals surface area contributed by atoms with E-state index in [1.807, 2.05) is 5.32 Å². The van der Waals surface area contributed by atoms with Crippen LogP contribution in [0.1, 0.15) is 12.0 Å². The zero-order valence-corrected chi connectivity index (χ0v) is 19.1. The van der Waals surface area contributed by atoms with Crippen LogP contribution in [0, 0.1) is 5.82 Å². The highest BCUT2D eigenvalue weighted by Gasteiger charge is 2.24. The SMILES string of the molecule is O=C(O)CC(NC(=O)Cn1c(-c2ccc(F)cc2)ncc(NC(=O)OCc2ccccc2)c1=O)C(=O)O. The number of carbonyl (C=O) groups excluding carboxylic acids is 2. The van der Waals surface area contributed by atoms with Gasteiger partial charge in [0, 0.05) is 5.56 Å². The molecule has 3 aromatic rings. The van der Waals surface area contributed by atoms with E-state index < -0.39 is 54.3 Å². The molecule has 2 aromatic carbocycles. The summed E-state index contributed by atoms with van der Waals surface area (Å²) in [6.07, 6.45) is -0.835. The summed E-state index contributed by atoms with van der Waals surface area (Å²) in [7, 11) is 0. The minimum absolute atomic E-state index is 0.0789. The maximum Gasteiger partial charge on any atom is 0.412 e. The van der Waals surface area contributed by atoms with Gasteiger partial charge in [-0.3, -0.25) is 24.3 Å². The van der Waals surface area contributed by atoms with Crippen LogP contribution in [0.2, 0.25) is 0 Å². The Morgan fingerprint density at radius 3 is 2.32 bits per heavy atom. The summed E-state index contributed by atoms with van der Waals surface area (Å²) in [6.45, 7) is -0.860. The third-order valence-electron chi connectivity index (χ3n) is 4.91. The largest absolute Gasteiger partial charge is 0.481 e. The van der Waals surface area contributed by atoms with Crippen molar-refractivity contribution in [1.29, 1.82) is 0 Å². The van der Waals surface area contributed by atoms with Crippen molar-refractivity contribution in [3.63, 3.8) is 0 Å². The van der Waals surface area contributed by atoms with E-state index in [-0.39, 0.29) is 23.7 Å². The Morgan fingerprint density at radius 2 is 1.70 bits per heavy atom. The number of aliphatic carboxylic acids is 2. The molecule has 192 valence electrons. The Kier molecular flexibility index (Phi) is 8.65. The highest BCUT2D eigenvalue weighted by Crippen LogP contribution is 2.17. The molecule has 0 saturated carbocycles. The second kappa shape index (κ2) is 12.1. The lowest BCUT2D eigenvalue weighted by Gasteiger charge is -2.16. The quantitative estimate of drug-likeness (QED) is 0.316. The number of benzene rings is 2. The fraction of sp³-hybridized carbons (Fsp3) is 0.167. The van der Waals surface area contributed by atoms with Crippen LogP contribution in [-0.4, -0.2) is 49.7 Å². The van der Waals surface area contributed by atoms with Crippen LogP contribution in [0.5, 0.6) is 0 Å². The van der Waals surface area contributed by atoms with Crippen LogP contribution in [0.4, 0.5) is 14.9 Å². The summed E-state index contributed by atoms with van der Waals surface area (Å²) in [5.74, 6) is -4.71. The van der Waals surface area contributed by atoms with Crippen LogP contribution in [0.3, 0.4) is 0 Å². The summed E-state index contributed by atoms with van der Waals surface area (Å²) in [5.41, 5.74) is -0.307. The molecule has 0 aliphatic rings. The minimum Gasteiger partial charge on any atom is -0.481 e. The van der Waals surface area contributed by atoms with Crippen molar-refractivity contribution in [3.05, 3.63) is 82.5 Å². The second-order valence-electron chi connectivity index (χ2n) is 7.64. The topological polar surface area (TPSA) is 177 Å². The molecule has 13 heteroatoms. The number of hydrogen-bond donors (Lipinski definition) is 4. The van der Waals surface area contributed by atoms with E-state index in [0.29, 0.717) is 5.56 Å². The average molecular weight is 512 g/mol. The Morgan fingerprint density at radius 1 is 1.03 bits per heavy atom. The molecular weight excluding hydrogens is 491 g/mol. The fourth-order valence-corrected chi connectivity index (χ4v) is 3.18. The number of nitrogens with zero attached hydrogens (tertiary/aromatic N) is 2. The highest BCUT2D eigenvalue weighted by molar-refractivity contribution is 5.87. The molecule has 1 heterocycles. The van der Waals surface area contributed by atoms with Gasteiger partial charge in [-0.25, -0.2) is 19.0 Å². The molecule has 0 bridgehead atoms. The Bertz CT molecular complexity index is 1360. The molecule has 0 aliphatic carbocycles. The second-order valence-corrected chi connectivity index (χ2v) is 7.64. The molecular formula is C24H21FN4O8. The van der Waals surface area contributed by atoms with Gasteiger partial charge >= 0.3 is 18.0 Å². The maximum atomic E-state index is 13.4. The van der Waals surface area contributed by atoms with Crippen molar-refractivity contribution >= 4 is 29.6 Å². The average Bonchev–Trinajstić information content (AvgIpc) is 2.86. The number of carboxylic acids is 2. The van der Waals surface area contributed by atoms with Gasteiger partial charge in [0.15, 0.2) is 0 Å². The first-order valence-corrected chi connectivity index (χ1v) is 10.7. The van der Waals surface area contributed by atoms with Gasteiger partial charge in [0.1, 0.15) is 36.5 Å². The van der Waals surface area contributed by atoms with E-state index in [1.165, 1.54) is 12.1 Å². The zero-order valence-electron chi connectivity index (χ0n) is 19.1. The molecule has 2 amide bonds. The summed E-state index contributed by atoms with van der Waals surface area (Å²) >= 11 is 0. The van der Waals surface area contributed by atoms with Crippen LogP contribution in [-0.2, 0) is 32.3 Å². The van der Waals surface area contributed by atoms with Gasteiger partial charge in [-0.2, -0.15) is 0 Å². The van der Waals surface area contributed by atoms with Gasteiger partial charge in [-0.05, 0) is 29.8 Å². The number of nitrogens with one attached hydrogen (secondary N) is 2. The number of rotatable bonds is 10. The lowest BCUT2D eigenvalue weighted by atomic mass is 10.2. The predicted octanol–water partition coefficient (Wildman–Crippen LogP) is 1.84. The number of aromatic nitrogens is 2. The standard InChI is InChI=1S/C24H21FN4O8/c25-16-8-6-15(7-9-16)21-26-11-18(28-24(36)37-13-14-4-2-1-3-5-14)22(33)29(21)12-19(30)27-17(23(34)35)10-20(31)32/h1-9,11,17H,10,12-13H2,(H,27,30)(H,28,36)(H,31,32)(H,34,35). The third kappa shape index (κ3) is 7.45. The number of hydrogen-bond acceptors (Lipinski definition) is 7. The third-order valence-corrected chi connectivity index (χ3v) is 4.91. The summed E-state index contributed by atoms with van der Waals surface area (Å²) < 4.78 is 19.3. The zero-order chi connectivity index (χ0) is 26.9. The van der Waals surface area contributed by atoms with Crippen molar-refractivity contribution in [2.75, 3.05) is 5.32 Å². The van der Waals surface area contributed by atoms with Crippen molar-refractivity contribution in [1.82, 2.24) is 14.9 Å². The molecule has 1 unspecified atom stereocenters. The van der Waals surface area contributed by atoms with Crippen LogP contribution in [0.15, 0.2) is 65.6 Å². The van der Waals surface area contributed by atoms with Gasteiger partial charge in [0.25, 0.3) is 5.56 Å². The summed E-state index contributed by atoms with van der Waals surface area (Å²) in [6, 6.07) is 11.8. The lowest BCUT2D eigenvalue weighted by Crippen LogP contribution is -2.44. The molecule has 0 fully saturated rings. The van der Waals surface area contributed by atoms with E-state index in [0.717, 1.165) is 22.9 Å². The first-order valence-electron chi connectivity index (χ1n) is 10.7. The molecule has 0 spiro atoms. The molecule has 0 aliphatic heterocycles. The number of anilines is 1. The molecule has 0 radical (unpaired) electrons. The van der Waals surface area contributed by atoms with Gasteiger partial charge in [-0.1, -0.05) is 30.3 Å². The normalized spacial score (nSPS) is 11.3. The number of carboxylic acid groups (broad SMARTS) is 2. The Balaban J connectivity index is 1.87. The monoisotopic (exact) mass is 512 g/mol. The first kappa shape index (κ1) is 26.5. The Hall–Kier alpha value is -5.07. The molecule has 1 atom stereocenters. The number of halogens is 1. The van der Waals surface area contributed by atoms with Crippen LogP contribution < -0.4 is 16.2 Å². The number of amides is 2. The summed E-state index contributed by atoms with van der Waals surface area (Å²) in [4.78, 5) is 64.3. The molecule has 0 saturated heterocycles. The van der Waals surface area contributed by atoms with Gasteiger partial charge < -0.3 is 20.3 Å². The number of carbonyl (C=O) groups is 4. The van der Waals surface area contributed by atoms with Crippen molar-refractivity contribution in [3.8, 4) is 11.4 Å². The van der Waals surface area contributed by atoms with E-state index >= 15 is 0 Å². The highest BCUT2D eigenvalue weighted by atomic mass is 19.1. The van der Waals surface area contributed by atoms with Crippen molar-refractivity contribution < 1.29 is 38.5 Å². The van der Waals surface area contributed by atoms with E-state index in [2.05, 4.69) is 10.3 Å². The molecule has 3 rings (SSSR count).